The lowest BCUT2D eigenvalue weighted by Gasteiger charge is -2.24. The van der Waals surface area contributed by atoms with E-state index in [-0.39, 0.29) is 12.6 Å². The third kappa shape index (κ3) is 3.65. The summed E-state index contributed by atoms with van der Waals surface area (Å²) in [4.78, 5) is 11.7. The van der Waals surface area contributed by atoms with Crippen molar-refractivity contribution >= 4 is 11.7 Å². The van der Waals surface area contributed by atoms with Gasteiger partial charge in [0.15, 0.2) is 0 Å². The maximum Gasteiger partial charge on any atom is 0.314 e. The van der Waals surface area contributed by atoms with Crippen LogP contribution in [-0.4, -0.2) is 19.7 Å². The average Bonchev–Trinajstić information content (AvgIpc) is 2.38. The number of benzene rings is 1. The van der Waals surface area contributed by atoms with E-state index in [9.17, 15) is 4.79 Å². The molecule has 0 saturated carbocycles. The maximum atomic E-state index is 11.7. The van der Waals surface area contributed by atoms with Gasteiger partial charge >= 0.3 is 5.97 Å². The van der Waals surface area contributed by atoms with Gasteiger partial charge in [-0.15, -0.1) is 0 Å². The number of nitrogens with two attached hydrogens (primary N) is 1. The molecule has 0 aromatic heterocycles. The van der Waals surface area contributed by atoms with Crippen molar-refractivity contribution in [1.29, 1.82) is 0 Å². The first-order valence-corrected chi connectivity index (χ1v) is 6.80. The van der Waals surface area contributed by atoms with Crippen LogP contribution in [0.3, 0.4) is 0 Å². The highest BCUT2D eigenvalue weighted by atomic mass is 16.5. The van der Waals surface area contributed by atoms with Crippen molar-refractivity contribution in [3.05, 3.63) is 23.3 Å². The average molecular weight is 279 g/mol. The van der Waals surface area contributed by atoms with E-state index in [1.807, 2.05) is 19.1 Å². The zero-order valence-corrected chi connectivity index (χ0v) is 13.2. The van der Waals surface area contributed by atoms with Crippen LogP contribution < -0.4 is 10.5 Å². The van der Waals surface area contributed by atoms with E-state index in [4.69, 9.17) is 15.2 Å². The summed E-state index contributed by atoms with van der Waals surface area (Å²) in [6.07, 6.45) is 0. The van der Waals surface area contributed by atoms with Gasteiger partial charge in [-0.1, -0.05) is 13.8 Å². The molecule has 0 unspecified atom stereocenters. The molecule has 4 heteroatoms. The van der Waals surface area contributed by atoms with Crippen LogP contribution in [0.2, 0.25) is 0 Å². The molecule has 1 rings (SSSR count). The third-order valence-corrected chi connectivity index (χ3v) is 3.35. The Morgan fingerprint density at radius 1 is 1.35 bits per heavy atom. The molecule has 4 nitrogen and oxygen atoms in total. The van der Waals surface area contributed by atoms with E-state index in [2.05, 4.69) is 13.8 Å². The largest absolute Gasteiger partial charge is 0.492 e. The summed E-state index contributed by atoms with van der Waals surface area (Å²) >= 11 is 0. The number of carbonyl (C=O) groups is 1. The Kier molecular flexibility index (Phi) is 5.03. The minimum atomic E-state index is -0.682. The van der Waals surface area contributed by atoms with Crippen molar-refractivity contribution in [2.45, 2.75) is 40.5 Å². The highest BCUT2D eigenvalue weighted by Gasteiger charge is 2.30. The Balaban J connectivity index is 2.98. The lowest BCUT2D eigenvalue weighted by atomic mass is 9.94. The number of ether oxygens (including phenoxy) is 2. The second-order valence-corrected chi connectivity index (χ2v) is 6.07. The molecule has 20 heavy (non-hydrogen) atoms. The molecule has 0 heterocycles. The van der Waals surface area contributed by atoms with Gasteiger partial charge < -0.3 is 15.2 Å². The molecule has 0 saturated heterocycles. The van der Waals surface area contributed by atoms with Crippen molar-refractivity contribution in [2.75, 3.05) is 19.5 Å². The molecule has 0 amide bonds. The summed E-state index contributed by atoms with van der Waals surface area (Å²) in [5.41, 5.74) is 8.05. The molecule has 0 spiro atoms. The van der Waals surface area contributed by atoms with Crippen LogP contribution in [0.15, 0.2) is 12.1 Å². The summed E-state index contributed by atoms with van der Waals surface area (Å²) in [6, 6.07) is 3.87. The lowest BCUT2D eigenvalue weighted by Crippen LogP contribution is -2.32. The van der Waals surface area contributed by atoms with Crippen LogP contribution in [0, 0.1) is 12.3 Å². The number of carbonyl (C=O) groups excluding carboxylic acids is 1. The Labute approximate surface area is 121 Å². The minimum Gasteiger partial charge on any atom is -0.492 e. The highest BCUT2D eigenvalue weighted by Crippen LogP contribution is 2.32. The predicted octanol–water partition coefficient (Wildman–Crippen LogP) is 3.28. The standard InChI is InChI=1S/C16H25NO3/c1-10(2)12-8-13(17)11(3)7-14(12)20-9-16(4,5)15(18)19-6/h7-8,10H,9,17H2,1-6H3. The molecule has 1 aromatic rings. The number of hydrogen-bond donors (Lipinski definition) is 1. The minimum absolute atomic E-state index is 0.267. The van der Waals surface area contributed by atoms with Crippen LogP contribution in [0.1, 0.15) is 44.7 Å². The molecule has 0 fully saturated rings. The van der Waals surface area contributed by atoms with Gasteiger partial charge in [0, 0.05) is 5.69 Å². The van der Waals surface area contributed by atoms with Gasteiger partial charge in [0.05, 0.1) is 12.5 Å². The number of esters is 1. The number of anilines is 1. The second kappa shape index (κ2) is 6.16. The molecular weight excluding hydrogens is 254 g/mol. The smallest absolute Gasteiger partial charge is 0.314 e. The van der Waals surface area contributed by atoms with Crippen molar-refractivity contribution in [1.82, 2.24) is 0 Å². The van der Waals surface area contributed by atoms with Crippen molar-refractivity contribution < 1.29 is 14.3 Å². The monoisotopic (exact) mass is 279 g/mol. The fourth-order valence-electron chi connectivity index (χ4n) is 1.89. The fourth-order valence-corrected chi connectivity index (χ4v) is 1.89. The van der Waals surface area contributed by atoms with Gasteiger partial charge in [-0.3, -0.25) is 4.79 Å². The number of hydrogen-bond acceptors (Lipinski definition) is 4. The quantitative estimate of drug-likeness (QED) is 0.663. The molecule has 0 bridgehead atoms. The molecule has 112 valence electrons. The van der Waals surface area contributed by atoms with Gasteiger partial charge in [0.25, 0.3) is 0 Å². The normalized spacial score (nSPS) is 11.6. The maximum absolute atomic E-state index is 11.7. The van der Waals surface area contributed by atoms with Gasteiger partial charge in [-0.25, -0.2) is 0 Å². The van der Waals surface area contributed by atoms with E-state index >= 15 is 0 Å². The zero-order chi connectivity index (χ0) is 15.5. The first kappa shape index (κ1) is 16.3. The second-order valence-electron chi connectivity index (χ2n) is 6.07. The molecule has 2 N–H and O–H groups in total. The summed E-state index contributed by atoms with van der Waals surface area (Å²) in [5, 5.41) is 0. The molecule has 0 radical (unpaired) electrons. The topological polar surface area (TPSA) is 61.5 Å². The molecule has 0 aliphatic carbocycles. The van der Waals surface area contributed by atoms with Crippen molar-refractivity contribution in [2.24, 2.45) is 5.41 Å². The predicted molar refractivity (Wildman–Crippen MR) is 81.0 cm³/mol. The SMILES string of the molecule is COC(=O)C(C)(C)COc1cc(C)c(N)cc1C(C)C. The number of rotatable bonds is 5. The summed E-state index contributed by atoms with van der Waals surface area (Å²) in [6.45, 7) is 9.99. The summed E-state index contributed by atoms with van der Waals surface area (Å²) in [7, 11) is 1.39. The molecule has 0 aliphatic rings. The van der Waals surface area contributed by atoms with Crippen LogP contribution in [0.25, 0.3) is 0 Å². The first-order valence-electron chi connectivity index (χ1n) is 6.80. The first-order chi connectivity index (χ1) is 9.19. The van der Waals surface area contributed by atoms with Crippen LogP contribution in [0.4, 0.5) is 5.69 Å². The number of methoxy groups -OCH3 is 1. The molecule has 0 atom stereocenters. The Morgan fingerprint density at radius 2 is 1.95 bits per heavy atom. The Morgan fingerprint density at radius 3 is 2.45 bits per heavy atom. The van der Waals surface area contributed by atoms with E-state index in [1.165, 1.54) is 7.11 Å². The van der Waals surface area contributed by atoms with Crippen LogP contribution in [0.5, 0.6) is 5.75 Å². The molecule has 1 aromatic carbocycles. The molecule has 0 aliphatic heterocycles. The van der Waals surface area contributed by atoms with Gasteiger partial charge in [0.2, 0.25) is 0 Å². The lowest BCUT2D eigenvalue weighted by molar-refractivity contribution is -0.152. The fraction of sp³-hybridized carbons (Fsp3) is 0.562. The highest BCUT2D eigenvalue weighted by molar-refractivity contribution is 5.75. The Hall–Kier alpha value is -1.71. The van der Waals surface area contributed by atoms with Crippen LogP contribution >= 0.6 is 0 Å². The van der Waals surface area contributed by atoms with Gasteiger partial charge in [0.1, 0.15) is 12.4 Å². The van der Waals surface area contributed by atoms with Gasteiger partial charge in [-0.05, 0) is 49.9 Å². The van der Waals surface area contributed by atoms with E-state index < -0.39 is 5.41 Å². The zero-order valence-electron chi connectivity index (χ0n) is 13.2. The summed E-state index contributed by atoms with van der Waals surface area (Å²) in [5.74, 6) is 0.800. The van der Waals surface area contributed by atoms with E-state index in [1.54, 1.807) is 13.8 Å². The van der Waals surface area contributed by atoms with Crippen LogP contribution in [-0.2, 0) is 9.53 Å². The van der Waals surface area contributed by atoms with Gasteiger partial charge in [-0.2, -0.15) is 0 Å². The summed E-state index contributed by atoms with van der Waals surface area (Å²) < 4.78 is 10.7. The number of nitrogen functional groups attached to an aromatic ring is 1. The third-order valence-electron chi connectivity index (χ3n) is 3.35. The Bertz CT molecular complexity index is 493. The number of aryl methyl sites for hydroxylation is 1. The van der Waals surface area contributed by atoms with Crippen molar-refractivity contribution in [3.8, 4) is 5.75 Å². The van der Waals surface area contributed by atoms with E-state index in [0.29, 0.717) is 5.92 Å². The van der Waals surface area contributed by atoms with Crippen molar-refractivity contribution in [3.63, 3.8) is 0 Å². The van der Waals surface area contributed by atoms with E-state index in [0.717, 1.165) is 22.6 Å². The molecular formula is C16H25NO3.